The van der Waals surface area contributed by atoms with Gasteiger partial charge in [0.1, 0.15) is 10.7 Å². The molecular weight excluding hydrogens is 301 g/mol. The van der Waals surface area contributed by atoms with Crippen molar-refractivity contribution in [2.75, 3.05) is 13.1 Å². The summed E-state index contributed by atoms with van der Waals surface area (Å²) in [5.41, 5.74) is 5.27. The summed E-state index contributed by atoms with van der Waals surface area (Å²) in [5.74, 6) is -1.09. The van der Waals surface area contributed by atoms with E-state index in [4.69, 9.17) is 5.73 Å². The molecule has 0 aromatic heterocycles. The molecule has 2 unspecified atom stereocenters. The van der Waals surface area contributed by atoms with E-state index in [9.17, 15) is 22.9 Å². The van der Waals surface area contributed by atoms with E-state index < -0.39 is 31.3 Å². The van der Waals surface area contributed by atoms with E-state index in [-0.39, 0.29) is 25.0 Å². The molecule has 0 radical (unpaired) electrons. The highest BCUT2D eigenvalue weighted by atomic mass is 32.2. The maximum Gasteiger partial charge on any atom is 0.272 e. The zero-order valence-corrected chi connectivity index (χ0v) is 12.2. The molecule has 2 rings (SSSR count). The Kier molecular flexibility index (Phi) is 4.26. The van der Waals surface area contributed by atoms with Crippen LogP contribution in [-0.2, 0) is 10.0 Å². The molecule has 1 heterocycles. The van der Waals surface area contributed by atoms with Crippen LogP contribution in [0.15, 0.2) is 23.1 Å². The summed E-state index contributed by atoms with van der Waals surface area (Å²) in [4.78, 5) is 9.23. The Labute approximate surface area is 121 Å². The number of halogens is 1. The number of sulfonamides is 1. The van der Waals surface area contributed by atoms with Gasteiger partial charge in [0.2, 0.25) is 10.0 Å². The first kappa shape index (κ1) is 15.8. The third-order valence-electron chi connectivity index (χ3n) is 3.68. The molecule has 1 saturated heterocycles. The lowest BCUT2D eigenvalue weighted by molar-refractivity contribution is -0.385. The van der Waals surface area contributed by atoms with Crippen LogP contribution in [0.4, 0.5) is 10.1 Å². The number of rotatable bonds is 4. The van der Waals surface area contributed by atoms with E-state index in [1.807, 2.05) is 0 Å². The number of hydrogen-bond acceptors (Lipinski definition) is 5. The number of hydrogen-bond donors (Lipinski definition) is 1. The van der Waals surface area contributed by atoms with E-state index in [0.717, 1.165) is 12.1 Å². The molecule has 1 aromatic rings. The quantitative estimate of drug-likeness (QED) is 0.661. The van der Waals surface area contributed by atoms with Crippen molar-refractivity contribution in [2.45, 2.75) is 24.3 Å². The molecule has 2 N–H and O–H groups in total. The number of benzene rings is 1. The van der Waals surface area contributed by atoms with Crippen LogP contribution in [0.1, 0.15) is 13.3 Å². The maximum absolute atomic E-state index is 13.9. The second kappa shape index (κ2) is 5.66. The lowest BCUT2D eigenvalue weighted by Gasteiger charge is -2.18. The van der Waals surface area contributed by atoms with E-state index >= 15 is 0 Å². The summed E-state index contributed by atoms with van der Waals surface area (Å²) in [7, 11) is -4.00. The summed E-state index contributed by atoms with van der Waals surface area (Å²) < 4.78 is 39.8. The topological polar surface area (TPSA) is 107 Å². The molecule has 7 nitrogen and oxygen atoms in total. The number of non-ortho nitro benzene ring substituents is 1. The lowest BCUT2D eigenvalue weighted by atomic mass is 10.0. The molecule has 0 spiro atoms. The summed E-state index contributed by atoms with van der Waals surface area (Å²) in [6, 6.07) is 2.38. The standard InChI is InChI=1S/C12H16FN3O4S/c1-8(14)9-4-5-15(7-9)21(19,20)12-3-2-10(16(17)18)6-11(12)13/h2-3,6,8-9H,4-5,7,14H2,1H3. The molecule has 9 heteroatoms. The number of nitrogens with two attached hydrogens (primary N) is 1. The predicted octanol–water partition coefficient (Wildman–Crippen LogP) is 1.09. The van der Waals surface area contributed by atoms with Crippen LogP contribution in [0.3, 0.4) is 0 Å². The number of nitro benzene ring substituents is 1. The molecule has 0 aliphatic carbocycles. The predicted molar refractivity (Wildman–Crippen MR) is 73.6 cm³/mol. The summed E-state index contributed by atoms with van der Waals surface area (Å²) in [6.45, 7) is 2.30. The molecule has 1 fully saturated rings. The average Bonchev–Trinajstić information content (AvgIpc) is 2.88. The Bertz CT molecular complexity index is 662. The van der Waals surface area contributed by atoms with Gasteiger partial charge in [0, 0.05) is 25.2 Å². The van der Waals surface area contributed by atoms with Crippen molar-refractivity contribution in [1.82, 2.24) is 4.31 Å². The van der Waals surface area contributed by atoms with E-state index in [1.54, 1.807) is 6.92 Å². The minimum atomic E-state index is -4.00. The normalized spacial score (nSPS) is 21.4. The highest BCUT2D eigenvalue weighted by Crippen LogP contribution is 2.28. The molecule has 0 bridgehead atoms. The second-order valence-electron chi connectivity index (χ2n) is 5.14. The monoisotopic (exact) mass is 317 g/mol. The van der Waals surface area contributed by atoms with Gasteiger partial charge in [0.15, 0.2) is 0 Å². The maximum atomic E-state index is 13.9. The van der Waals surface area contributed by atoms with Crippen molar-refractivity contribution >= 4 is 15.7 Å². The van der Waals surface area contributed by atoms with Gasteiger partial charge in [-0.3, -0.25) is 10.1 Å². The minimum Gasteiger partial charge on any atom is -0.328 e. The van der Waals surface area contributed by atoms with Gasteiger partial charge < -0.3 is 5.73 Å². The molecule has 1 aliphatic heterocycles. The first-order chi connectivity index (χ1) is 9.73. The molecule has 0 amide bonds. The van der Waals surface area contributed by atoms with Gasteiger partial charge in [0.05, 0.1) is 11.0 Å². The second-order valence-corrected chi connectivity index (χ2v) is 7.05. The summed E-state index contributed by atoms with van der Waals surface area (Å²) in [6.07, 6.45) is 0.617. The molecule has 2 atom stereocenters. The molecule has 1 aliphatic rings. The van der Waals surface area contributed by atoms with Crippen molar-refractivity contribution in [1.29, 1.82) is 0 Å². The Morgan fingerprint density at radius 1 is 1.52 bits per heavy atom. The third kappa shape index (κ3) is 3.04. The number of nitro groups is 1. The Hall–Kier alpha value is -1.58. The lowest BCUT2D eigenvalue weighted by Crippen LogP contribution is -2.33. The molecule has 21 heavy (non-hydrogen) atoms. The van der Waals surface area contributed by atoms with Crippen molar-refractivity contribution in [2.24, 2.45) is 11.7 Å². The molecule has 116 valence electrons. The van der Waals surface area contributed by atoms with E-state index in [1.165, 1.54) is 4.31 Å². The van der Waals surface area contributed by atoms with Gasteiger partial charge >= 0.3 is 0 Å². The fraction of sp³-hybridized carbons (Fsp3) is 0.500. The van der Waals surface area contributed by atoms with Crippen molar-refractivity contribution in [3.8, 4) is 0 Å². The highest BCUT2D eigenvalue weighted by Gasteiger charge is 2.35. The first-order valence-corrected chi connectivity index (χ1v) is 7.87. The van der Waals surface area contributed by atoms with E-state index in [2.05, 4.69) is 0 Å². The molecule has 0 saturated carbocycles. The molecule has 1 aromatic carbocycles. The van der Waals surface area contributed by atoms with Gasteiger partial charge in [-0.05, 0) is 25.3 Å². The SMILES string of the molecule is CC(N)C1CCN(S(=O)(=O)c2ccc([N+](=O)[O-])cc2F)C1. The summed E-state index contributed by atoms with van der Waals surface area (Å²) in [5, 5.41) is 10.6. The van der Waals surface area contributed by atoms with Gasteiger partial charge in [0.25, 0.3) is 5.69 Å². The highest BCUT2D eigenvalue weighted by molar-refractivity contribution is 7.89. The van der Waals surface area contributed by atoms with Crippen molar-refractivity contribution in [3.63, 3.8) is 0 Å². The van der Waals surface area contributed by atoms with Crippen LogP contribution in [0.2, 0.25) is 0 Å². The largest absolute Gasteiger partial charge is 0.328 e. The zero-order chi connectivity index (χ0) is 15.8. The van der Waals surface area contributed by atoms with Crippen LogP contribution in [0.5, 0.6) is 0 Å². The van der Waals surface area contributed by atoms with Crippen LogP contribution in [-0.4, -0.2) is 36.8 Å². The minimum absolute atomic E-state index is 0.0286. The zero-order valence-electron chi connectivity index (χ0n) is 11.4. The Morgan fingerprint density at radius 2 is 2.19 bits per heavy atom. The Balaban J connectivity index is 2.31. The average molecular weight is 317 g/mol. The van der Waals surface area contributed by atoms with Crippen molar-refractivity contribution < 1.29 is 17.7 Å². The van der Waals surface area contributed by atoms with Crippen molar-refractivity contribution in [3.05, 3.63) is 34.1 Å². The van der Waals surface area contributed by atoms with E-state index in [0.29, 0.717) is 12.5 Å². The van der Waals surface area contributed by atoms with Gasteiger partial charge in [-0.25, -0.2) is 12.8 Å². The van der Waals surface area contributed by atoms with Crippen LogP contribution >= 0.6 is 0 Å². The Morgan fingerprint density at radius 3 is 2.67 bits per heavy atom. The van der Waals surface area contributed by atoms with Gasteiger partial charge in [-0.2, -0.15) is 4.31 Å². The van der Waals surface area contributed by atoms with Gasteiger partial charge in [-0.1, -0.05) is 0 Å². The fourth-order valence-electron chi connectivity index (χ4n) is 2.35. The van der Waals surface area contributed by atoms with Gasteiger partial charge in [-0.15, -0.1) is 0 Å². The van der Waals surface area contributed by atoms with Crippen LogP contribution in [0.25, 0.3) is 0 Å². The first-order valence-electron chi connectivity index (χ1n) is 6.43. The van der Waals surface area contributed by atoms with Crippen LogP contribution in [0, 0.1) is 21.8 Å². The fourth-order valence-corrected chi connectivity index (χ4v) is 3.91. The number of nitrogens with zero attached hydrogens (tertiary/aromatic N) is 2. The summed E-state index contributed by atoms with van der Waals surface area (Å²) >= 11 is 0. The molecular formula is C12H16FN3O4S. The smallest absolute Gasteiger partial charge is 0.272 e. The van der Waals surface area contributed by atoms with Crippen LogP contribution < -0.4 is 5.73 Å². The third-order valence-corrected chi connectivity index (χ3v) is 5.57.